The number of halogens is 1. The first kappa shape index (κ1) is 22.4. The Labute approximate surface area is 179 Å². The maximum Gasteiger partial charge on any atom is 0.341 e. The van der Waals surface area contributed by atoms with Crippen molar-refractivity contribution in [1.29, 1.82) is 0 Å². The van der Waals surface area contributed by atoms with Gasteiger partial charge in [-0.25, -0.2) is 22.7 Å². The summed E-state index contributed by atoms with van der Waals surface area (Å²) < 4.78 is 43.7. The van der Waals surface area contributed by atoms with Crippen LogP contribution in [0.3, 0.4) is 0 Å². The predicted octanol–water partition coefficient (Wildman–Crippen LogP) is 3.23. The number of benzene rings is 2. The topological polar surface area (TPSA) is 108 Å². The molecule has 1 aromatic heterocycles. The minimum absolute atomic E-state index is 0.365. The lowest BCUT2D eigenvalue weighted by Crippen LogP contribution is -2.17. The van der Waals surface area contributed by atoms with Crippen molar-refractivity contribution < 1.29 is 27.1 Å². The van der Waals surface area contributed by atoms with Crippen LogP contribution in [0.5, 0.6) is 0 Å². The van der Waals surface area contributed by atoms with E-state index in [-0.39, 0.29) is 0 Å². The van der Waals surface area contributed by atoms with Crippen LogP contribution in [0.1, 0.15) is 37.7 Å². The molecule has 162 valence electrons. The molecule has 7 nitrogen and oxygen atoms in total. The molecule has 0 atom stereocenters. The molecule has 2 N–H and O–H groups in total. The summed E-state index contributed by atoms with van der Waals surface area (Å²) in [6.45, 7) is 4.97. The Hall–Kier alpha value is -3.30. The molecule has 0 radical (unpaired) electrons. The van der Waals surface area contributed by atoms with Crippen LogP contribution in [0.2, 0.25) is 0 Å². The fraction of sp³-hybridized carbons (Fsp3) is 0.182. The van der Waals surface area contributed by atoms with Crippen LogP contribution < -0.4 is 5.14 Å². The van der Waals surface area contributed by atoms with Gasteiger partial charge in [-0.05, 0) is 57.2 Å². The zero-order valence-electron chi connectivity index (χ0n) is 17.2. The molecule has 3 aromatic rings. The van der Waals surface area contributed by atoms with Crippen molar-refractivity contribution in [3.63, 3.8) is 0 Å². The number of carbonyl (C=O) groups is 2. The highest BCUT2D eigenvalue weighted by atomic mass is 32.2. The molecule has 0 aliphatic carbocycles. The maximum atomic E-state index is 14.0. The number of primary sulfonamides is 1. The van der Waals surface area contributed by atoms with Gasteiger partial charge in [-0.15, -0.1) is 0 Å². The molecular formula is C22H21FN2O5S. The lowest BCUT2D eigenvalue weighted by molar-refractivity contribution is 0.0469. The van der Waals surface area contributed by atoms with Crippen LogP contribution >= 0.6 is 0 Å². The van der Waals surface area contributed by atoms with Gasteiger partial charge in [-0.3, -0.25) is 4.79 Å². The Balaban J connectivity index is 1.80. The Kier molecular flexibility index (Phi) is 6.10. The van der Waals surface area contributed by atoms with Crippen molar-refractivity contribution in [2.75, 3.05) is 6.61 Å². The highest BCUT2D eigenvalue weighted by Gasteiger charge is 2.21. The van der Waals surface area contributed by atoms with E-state index in [9.17, 15) is 22.4 Å². The van der Waals surface area contributed by atoms with E-state index in [1.165, 1.54) is 0 Å². The molecule has 0 bridgehead atoms. The van der Waals surface area contributed by atoms with Crippen molar-refractivity contribution in [3.8, 4) is 5.69 Å². The van der Waals surface area contributed by atoms with E-state index in [0.29, 0.717) is 11.3 Å². The fourth-order valence-electron chi connectivity index (χ4n) is 3.26. The molecule has 31 heavy (non-hydrogen) atoms. The van der Waals surface area contributed by atoms with Crippen molar-refractivity contribution in [2.24, 2.45) is 5.14 Å². The molecule has 9 heteroatoms. The zero-order chi connectivity index (χ0) is 22.9. The number of nitrogens with zero attached hydrogens (tertiary/aromatic N) is 1. The van der Waals surface area contributed by atoms with Gasteiger partial charge in [-0.1, -0.05) is 17.7 Å². The van der Waals surface area contributed by atoms with E-state index in [0.717, 1.165) is 35.1 Å². The second-order valence-corrected chi connectivity index (χ2v) is 8.70. The van der Waals surface area contributed by atoms with Crippen LogP contribution in [-0.2, 0) is 14.8 Å². The first-order valence-corrected chi connectivity index (χ1v) is 10.8. The summed E-state index contributed by atoms with van der Waals surface area (Å²) in [6, 6.07) is 12.0. The SMILES string of the molecule is Cc1ccc(-n2c(C)cc(C(=O)COC(=O)c3cc(S(N)(=O)=O)ccc3F)c2C)cc1. The summed E-state index contributed by atoms with van der Waals surface area (Å²) >= 11 is 0. The van der Waals surface area contributed by atoms with Gasteiger partial charge in [0.2, 0.25) is 15.8 Å². The summed E-state index contributed by atoms with van der Waals surface area (Å²) in [4.78, 5) is 24.5. The second-order valence-electron chi connectivity index (χ2n) is 7.14. The minimum Gasteiger partial charge on any atom is -0.454 e. The van der Waals surface area contributed by atoms with Gasteiger partial charge in [0, 0.05) is 22.6 Å². The maximum absolute atomic E-state index is 14.0. The van der Waals surface area contributed by atoms with E-state index >= 15 is 0 Å². The number of aryl methyl sites for hydroxylation is 2. The van der Waals surface area contributed by atoms with Crippen molar-refractivity contribution in [1.82, 2.24) is 4.57 Å². The van der Waals surface area contributed by atoms with Crippen molar-refractivity contribution >= 4 is 21.8 Å². The number of hydrogen-bond donors (Lipinski definition) is 1. The molecule has 0 unspecified atom stereocenters. The number of rotatable bonds is 6. The van der Waals surface area contributed by atoms with Gasteiger partial charge >= 0.3 is 5.97 Å². The minimum atomic E-state index is -4.13. The smallest absolute Gasteiger partial charge is 0.341 e. The standard InChI is InChI=1S/C22H21FN2O5S/c1-13-4-6-16(7-5-13)25-14(2)10-18(15(25)3)21(26)12-30-22(27)19-11-17(31(24,28)29)8-9-20(19)23/h4-11H,12H2,1-3H3,(H2,24,28,29). The number of carbonyl (C=O) groups excluding carboxylic acids is 2. The quantitative estimate of drug-likeness (QED) is 0.464. The normalized spacial score (nSPS) is 11.4. The van der Waals surface area contributed by atoms with Crippen LogP contribution in [0.25, 0.3) is 5.69 Å². The second kappa shape index (κ2) is 8.44. The van der Waals surface area contributed by atoms with Gasteiger partial charge in [0.25, 0.3) is 0 Å². The average molecular weight is 444 g/mol. The lowest BCUT2D eigenvalue weighted by atomic mass is 10.1. The van der Waals surface area contributed by atoms with Gasteiger partial charge in [0.05, 0.1) is 10.5 Å². The highest BCUT2D eigenvalue weighted by molar-refractivity contribution is 7.89. The molecule has 2 aromatic carbocycles. The Morgan fingerprint density at radius 3 is 2.26 bits per heavy atom. The number of Topliss-reactive ketones (excluding diaryl/α,β-unsaturated/α-hetero) is 1. The molecule has 0 amide bonds. The number of ether oxygens (including phenoxy) is 1. The largest absolute Gasteiger partial charge is 0.454 e. The van der Waals surface area contributed by atoms with E-state index in [2.05, 4.69) is 0 Å². The van der Waals surface area contributed by atoms with E-state index in [1.807, 2.05) is 42.7 Å². The molecule has 3 rings (SSSR count). The number of aromatic nitrogens is 1. The Bertz CT molecular complexity index is 1280. The summed E-state index contributed by atoms with van der Waals surface area (Å²) in [5, 5.41) is 5.00. The number of ketones is 1. The van der Waals surface area contributed by atoms with Crippen LogP contribution in [0, 0.1) is 26.6 Å². The van der Waals surface area contributed by atoms with Gasteiger partial charge in [0.15, 0.2) is 6.61 Å². The van der Waals surface area contributed by atoms with E-state index < -0.39 is 44.7 Å². The third kappa shape index (κ3) is 4.73. The molecule has 1 heterocycles. The number of esters is 1. The van der Waals surface area contributed by atoms with E-state index in [4.69, 9.17) is 9.88 Å². The molecule has 0 saturated heterocycles. The molecule has 0 spiro atoms. The molecule has 0 aliphatic heterocycles. The average Bonchev–Trinajstić information content (AvgIpc) is 3.00. The summed E-state index contributed by atoms with van der Waals surface area (Å²) in [5.74, 6) is -2.62. The van der Waals surface area contributed by atoms with Crippen molar-refractivity contribution in [2.45, 2.75) is 25.7 Å². The Morgan fingerprint density at radius 1 is 1.00 bits per heavy atom. The fourth-order valence-corrected chi connectivity index (χ4v) is 3.80. The zero-order valence-corrected chi connectivity index (χ0v) is 18.0. The summed E-state index contributed by atoms with van der Waals surface area (Å²) in [6.07, 6.45) is 0. The third-order valence-electron chi connectivity index (χ3n) is 4.84. The van der Waals surface area contributed by atoms with Gasteiger partial charge < -0.3 is 9.30 Å². The van der Waals surface area contributed by atoms with Crippen LogP contribution in [-0.4, -0.2) is 31.3 Å². The number of hydrogen-bond acceptors (Lipinski definition) is 5. The number of nitrogens with two attached hydrogens (primary N) is 1. The lowest BCUT2D eigenvalue weighted by Gasteiger charge is -2.10. The predicted molar refractivity (Wildman–Crippen MR) is 112 cm³/mol. The van der Waals surface area contributed by atoms with Crippen LogP contribution in [0.15, 0.2) is 53.4 Å². The van der Waals surface area contributed by atoms with E-state index in [1.54, 1.807) is 13.0 Å². The first-order valence-electron chi connectivity index (χ1n) is 9.27. The molecule has 0 saturated carbocycles. The Morgan fingerprint density at radius 2 is 1.65 bits per heavy atom. The van der Waals surface area contributed by atoms with Crippen LogP contribution in [0.4, 0.5) is 4.39 Å². The molecule has 0 aliphatic rings. The van der Waals surface area contributed by atoms with Gasteiger partial charge in [0.1, 0.15) is 5.82 Å². The molecular weight excluding hydrogens is 423 g/mol. The third-order valence-corrected chi connectivity index (χ3v) is 5.76. The number of sulfonamides is 1. The highest BCUT2D eigenvalue weighted by Crippen LogP contribution is 2.22. The van der Waals surface area contributed by atoms with Crippen molar-refractivity contribution in [3.05, 3.63) is 82.4 Å². The molecule has 0 fully saturated rings. The first-order chi connectivity index (χ1) is 14.5. The van der Waals surface area contributed by atoms with Gasteiger partial charge in [-0.2, -0.15) is 0 Å². The summed E-state index contributed by atoms with van der Waals surface area (Å²) in [7, 11) is -4.13. The monoisotopic (exact) mass is 444 g/mol. The summed E-state index contributed by atoms with van der Waals surface area (Å²) in [5.41, 5.74) is 3.23.